The highest BCUT2D eigenvalue weighted by Gasteiger charge is 2.17. The Hall–Kier alpha value is -4.92. The molecule has 4 N–H and O–H groups in total. The van der Waals surface area contributed by atoms with Crippen LogP contribution in [0.2, 0.25) is 0 Å². The molecule has 0 bridgehead atoms. The number of benzene rings is 3. The molecule has 174 valence electrons. The molecule has 3 aromatic carbocycles. The Balaban J connectivity index is 1.36. The normalized spacial score (nSPS) is 11.0. The standard InChI is InChI=1S/C26H21N5O4/c32-22(28-19-11-6-10-18-23(19)26(35)30-29-24(18)33)14-27-25(34)21-13-17-9-4-5-12-20(17)31(21)15-16-7-2-1-3-8-16/h1-13H,14-15H2,(H,27,34)(H,28,32)(H,29,33)(H,30,35). The Labute approximate surface area is 198 Å². The number of H-pyrrole nitrogens is 2. The lowest BCUT2D eigenvalue weighted by Gasteiger charge is -2.12. The van der Waals surface area contributed by atoms with Crippen molar-refractivity contribution < 1.29 is 9.59 Å². The van der Waals surface area contributed by atoms with Gasteiger partial charge in [-0.05, 0) is 29.8 Å². The lowest BCUT2D eigenvalue weighted by molar-refractivity contribution is -0.115. The molecular weight excluding hydrogens is 446 g/mol. The van der Waals surface area contributed by atoms with Crippen LogP contribution >= 0.6 is 0 Å². The van der Waals surface area contributed by atoms with Crippen LogP contribution in [0.1, 0.15) is 16.1 Å². The van der Waals surface area contributed by atoms with Crippen LogP contribution in [0.4, 0.5) is 5.69 Å². The summed E-state index contributed by atoms with van der Waals surface area (Å²) in [5, 5.41) is 10.9. The molecule has 2 aromatic heterocycles. The molecular formula is C26H21N5O4. The van der Waals surface area contributed by atoms with E-state index in [0.717, 1.165) is 16.5 Å². The number of aromatic nitrogens is 3. The number of aromatic amines is 2. The van der Waals surface area contributed by atoms with Crippen molar-refractivity contribution in [3.63, 3.8) is 0 Å². The third-order valence-corrected chi connectivity index (χ3v) is 5.74. The highest BCUT2D eigenvalue weighted by Crippen LogP contribution is 2.21. The minimum atomic E-state index is -0.537. The van der Waals surface area contributed by atoms with Crippen LogP contribution in [0, 0.1) is 0 Å². The Kier molecular flexibility index (Phi) is 5.72. The predicted octanol–water partition coefficient (Wildman–Crippen LogP) is 2.59. The largest absolute Gasteiger partial charge is 0.342 e. The summed E-state index contributed by atoms with van der Waals surface area (Å²) in [5.74, 6) is -0.934. The van der Waals surface area contributed by atoms with Gasteiger partial charge in [0.2, 0.25) is 5.91 Å². The summed E-state index contributed by atoms with van der Waals surface area (Å²) in [6, 6.07) is 23.9. The van der Waals surface area contributed by atoms with E-state index in [1.807, 2.05) is 59.2 Å². The van der Waals surface area contributed by atoms with E-state index in [1.54, 1.807) is 12.1 Å². The molecule has 2 amide bonds. The van der Waals surface area contributed by atoms with Crippen molar-refractivity contribution in [1.29, 1.82) is 0 Å². The third-order valence-electron chi connectivity index (χ3n) is 5.74. The number of para-hydroxylation sites is 1. The molecule has 35 heavy (non-hydrogen) atoms. The van der Waals surface area contributed by atoms with Crippen molar-refractivity contribution in [1.82, 2.24) is 20.1 Å². The zero-order valence-corrected chi connectivity index (χ0v) is 18.5. The van der Waals surface area contributed by atoms with Gasteiger partial charge in [-0.25, -0.2) is 0 Å². The molecule has 0 aliphatic rings. The van der Waals surface area contributed by atoms with Crippen molar-refractivity contribution >= 4 is 39.2 Å². The first kappa shape index (κ1) is 21.9. The number of nitrogens with zero attached hydrogens (tertiary/aromatic N) is 1. The maximum atomic E-state index is 13.1. The molecule has 9 heteroatoms. The lowest BCUT2D eigenvalue weighted by Crippen LogP contribution is -2.34. The van der Waals surface area contributed by atoms with Crippen LogP contribution < -0.4 is 21.8 Å². The summed E-state index contributed by atoms with van der Waals surface area (Å²) in [6.07, 6.45) is 0. The topological polar surface area (TPSA) is 129 Å². The number of anilines is 1. The number of rotatable bonds is 6. The average Bonchev–Trinajstić information content (AvgIpc) is 3.24. The molecule has 5 rings (SSSR count). The van der Waals surface area contributed by atoms with Crippen LogP contribution in [0.15, 0.2) is 88.5 Å². The first-order valence-corrected chi connectivity index (χ1v) is 10.9. The zero-order chi connectivity index (χ0) is 24.4. The van der Waals surface area contributed by atoms with E-state index in [1.165, 1.54) is 12.1 Å². The number of hydrogen-bond donors (Lipinski definition) is 4. The van der Waals surface area contributed by atoms with Crippen LogP contribution in [0.25, 0.3) is 21.7 Å². The molecule has 0 radical (unpaired) electrons. The fourth-order valence-corrected chi connectivity index (χ4v) is 4.11. The lowest BCUT2D eigenvalue weighted by atomic mass is 10.1. The molecule has 0 spiro atoms. The van der Waals surface area contributed by atoms with Gasteiger partial charge in [-0.15, -0.1) is 0 Å². The van der Waals surface area contributed by atoms with Gasteiger partial charge < -0.3 is 15.2 Å². The number of nitrogens with one attached hydrogen (secondary N) is 4. The Morgan fingerprint density at radius 2 is 1.57 bits per heavy atom. The van der Waals surface area contributed by atoms with Gasteiger partial charge >= 0.3 is 0 Å². The SMILES string of the molecule is O=C(CNC(=O)c1cc2ccccc2n1Cc1ccccc1)Nc1cccc2c(=O)[nH][nH]c(=O)c12. The zero-order valence-electron chi connectivity index (χ0n) is 18.5. The van der Waals surface area contributed by atoms with Gasteiger partial charge in [0.1, 0.15) is 5.69 Å². The van der Waals surface area contributed by atoms with E-state index in [0.29, 0.717) is 12.2 Å². The molecule has 9 nitrogen and oxygen atoms in total. The minimum Gasteiger partial charge on any atom is -0.342 e. The molecule has 0 aliphatic heterocycles. The second-order valence-electron chi connectivity index (χ2n) is 8.03. The van der Waals surface area contributed by atoms with Gasteiger partial charge in [0.15, 0.2) is 0 Å². The Bertz CT molecular complexity index is 1680. The van der Waals surface area contributed by atoms with Crippen LogP contribution in [0.5, 0.6) is 0 Å². The van der Waals surface area contributed by atoms with Crippen LogP contribution in [-0.4, -0.2) is 33.1 Å². The fraction of sp³-hybridized carbons (Fsp3) is 0.0769. The number of fused-ring (bicyclic) bond motifs is 2. The summed E-state index contributed by atoms with van der Waals surface area (Å²) < 4.78 is 1.91. The summed E-state index contributed by atoms with van der Waals surface area (Å²) in [6.45, 7) is 0.180. The summed E-state index contributed by atoms with van der Waals surface area (Å²) in [5.41, 5.74) is 1.55. The second kappa shape index (κ2) is 9.14. The predicted molar refractivity (Wildman–Crippen MR) is 134 cm³/mol. The number of carbonyl (C=O) groups excluding carboxylic acids is 2. The maximum Gasteiger partial charge on any atom is 0.272 e. The van der Waals surface area contributed by atoms with E-state index in [2.05, 4.69) is 20.8 Å². The molecule has 5 aromatic rings. The Morgan fingerprint density at radius 3 is 2.40 bits per heavy atom. The van der Waals surface area contributed by atoms with E-state index in [9.17, 15) is 19.2 Å². The highest BCUT2D eigenvalue weighted by molar-refractivity contribution is 6.04. The molecule has 0 unspecified atom stereocenters. The quantitative estimate of drug-likeness (QED) is 0.306. The summed E-state index contributed by atoms with van der Waals surface area (Å²) >= 11 is 0. The van der Waals surface area contributed by atoms with Crippen molar-refractivity contribution in [3.05, 3.63) is 111 Å². The van der Waals surface area contributed by atoms with Crippen LogP contribution in [-0.2, 0) is 11.3 Å². The fourth-order valence-electron chi connectivity index (χ4n) is 4.11. The van der Waals surface area contributed by atoms with Gasteiger partial charge in [0.05, 0.1) is 23.0 Å². The van der Waals surface area contributed by atoms with Gasteiger partial charge in [-0.2, -0.15) is 0 Å². The molecule has 0 aliphatic carbocycles. The van der Waals surface area contributed by atoms with Gasteiger partial charge in [0.25, 0.3) is 17.0 Å². The first-order chi connectivity index (χ1) is 17.0. The van der Waals surface area contributed by atoms with Crippen molar-refractivity contribution in [2.75, 3.05) is 11.9 Å². The third kappa shape index (κ3) is 4.34. The summed E-state index contributed by atoms with van der Waals surface area (Å²) in [7, 11) is 0. The molecule has 2 heterocycles. The second-order valence-corrected chi connectivity index (χ2v) is 8.03. The molecule has 0 fully saturated rings. The van der Waals surface area contributed by atoms with Crippen molar-refractivity contribution in [2.24, 2.45) is 0 Å². The Morgan fingerprint density at radius 1 is 0.829 bits per heavy atom. The minimum absolute atomic E-state index is 0.0684. The van der Waals surface area contributed by atoms with Crippen molar-refractivity contribution in [2.45, 2.75) is 6.54 Å². The monoisotopic (exact) mass is 467 g/mol. The van der Waals surface area contributed by atoms with E-state index < -0.39 is 22.9 Å². The first-order valence-electron chi connectivity index (χ1n) is 10.9. The molecule has 0 atom stereocenters. The van der Waals surface area contributed by atoms with E-state index in [4.69, 9.17) is 0 Å². The average molecular weight is 467 g/mol. The maximum absolute atomic E-state index is 13.1. The van der Waals surface area contributed by atoms with E-state index in [-0.39, 0.29) is 23.0 Å². The summed E-state index contributed by atoms with van der Waals surface area (Å²) in [4.78, 5) is 49.9. The smallest absolute Gasteiger partial charge is 0.272 e. The van der Waals surface area contributed by atoms with Crippen LogP contribution in [0.3, 0.4) is 0 Å². The van der Waals surface area contributed by atoms with Gasteiger partial charge in [0, 0.05) is 17.4 Å². The number of hydrogen-bond acceptors (Lipinski definition) is 4. The number of carbonyl (C=O) groups is 2. The number of amides is 2. The van der Waals surface area contributed by atoms with E-state index >= 15 is 0 Å². The molecule has 0 saturated carbocycles. The van der Waals surface area contributed by atoms with Crippen molar-refractivity contribution in [3.8, 4) is 0 Å². The van der Waals surface area contributed by atoms with Gasteiger partial charge in [-0.1, -0.05) is 54.6 Å². The highest BCUT2D eigenvalue weighted by atomic mass is 16.2. The molecule has 0 saturated heterocycles. The van der Waals surface area contributed by atoms with Gasteiger partial charge in [-0.3, -0.25) is 29.4 Å².